The van der Waals surface area contributed by atoms with Gasteiger partial charge in [0.25, 0.3) is 0 Å². The Bertz CT molecular complexity index is 2850. The van der Waals surface area contributed by atoms with Crippen LogP contribution in [0.25, 0.3) is 81.8 Å². The van der Waals surface area contributed by atoms with Gasteiger partial charge in [-0.15, -0.1) is 0 Å². The van der Waals surface area contributed by atoms with Gasteiger partial charge >= 0.3 is 0 Å². The minimum absolute atomic E-state index is 0.175. The van der Waals surface area contributed by atoms with Crippen LogP contribution in [-0.4, -0.2) is 9.13 Å². The van der Waals surface area contributed by atoms with Crippen molar-refractivity contribution in [3.63, 3.8) is 0 Å². The average Bonchev–Trinajstić information content (AvgIpc) is 3.75. The van der Waals surface area contributed by atoms with Crippen LogP contribution in [0, 0.1) is 29.2 Å². The molecule has 0 amide bonds. The molecule has 0 spiro atoms. The Balaban J connectivity index is 1.45. The molecule has 0 fully saturated rings. The Kier molecular flexibility index (Phi) is 5.00. The predicted molar refractivity (Wildman–Crippen MR) is 178 cm³/mol. The first-order valence-corrected chi connectivity index (χ1v) is 14.4. The molecule has 6 heteroatoms. The fraction of sp³-hybridized carbons (Fsp3) is 0. The average molecular weight is 574 g/mol. The van der Waals surface area contributed by atoms with Gasteiger partial charge in [0.2, 0.25) is 0 Å². The van der Waals surface area contributed by atoms with E-state index >= 15 is 0 Å². The molecule has 3 aromatic heterocycles. The highest BCUT2D eigenvalue weighted by Gasteiger charge is 2.23. The van der Waals surface area contributed by atoms with Crippen LogP contribution >= 0.6 is 0 Å². The summed E-state index contributed by atoms with van der Waals surface area (Å²) in [5, 5.41) is 26.0. The van der Waals surface area contributed by atoms with Gasteiger partial charge in [0.1, 0.15) is 17.2 Å². The van der Waals surface area contributed by atoms with Crippen LogP contribution in [0.2, 0.25) is 0 Å². The molecule has 0 radical (unpaired) electrons. The van der Waals surface area contributed by atoms with E-state index in [2.05, 4.69) is 76.1 Å². The van der Waals surface area contributed by atoms with Crippen LogP contribution in [0.3, 0.4) is 0 Å². The van der Waals surface area contributed by atoms with E-state index in [0.29, 0.717) is 11.4 Å². The lowest BCUT2D eigenvalue weighted by atomic mass is 10.1. The largest absolute Gasteiger partial charge is 0.455 e. The number of hydrogen-bond acceptors (Lipinski definition) is 3. The maximum absolute atomic E-state index is 10.2. The highest BCUT2D eigenvalue weighted by molar-refractivity contribution is 6.29. The maximum atomic E-state index is 10.2. The molecule has 9 rings (SSSR count). The number of benzene rings is 6. The van der Waals surface area contributed by atoms with Crippen LogP contribution in [0.15, 0.2) is 120 Å². The molecule has 0 bridgehead atoms. The first kappa shape index (κ1) is 24.8. The summed E-state index contributed by atoms with van der Waals surface area (Å²) in [5.41, 5.74) is 7.70. The van der Waals surface area contributed by atoms with Crippen LogP contribution in [0.4, 0.5) is 5.69 Å². The smallest absolute Gasteiger partial charge is 0.190 e. The molecule has 0 N–H and O–H groups in total. The third kappa shape index (κ3) is 3.24. The molecule has 0 saturated carbocycles. The predicted octanol–water partition coefficient (Wildman–Crippen LogP) is 10.1. The van der Waals surface area contributed by atoms with Crippen LogP contribution in [0.1, 0.15) is 11.1 Å². The Labute approximate surface area is 256 Å². The second kappa shape index (κ2) is 9.09. The summed E-state index contributed by atoms with van der Waals surface area (Å²) in [6.07, 6.45) is 0. The molecule has 0 aliphatic rings. The maximum Gasteiger partial charge on any atom is 0.190 e. The SMILES string of the molecule is [C-]#[N+]c1cc(C#N)c(C#N)c(-n2c3ccccc3c3c4oc5c(ccc6c5c5ccccc5n6-c5ccccc5)c4ccc32)c1. The van der Waals surface area contributed by atoms with E-state index in [4.69, 9.17) is 11.0 Å². The molecule has 0 aliphatic heterocycles. The molecule has 0 atom stereocenters. The Morgan fingerprint density at radius 3 is 1.76 bits per heavy atom. The summed E-state index contributed by atoms with van der Waals surface area (Å²) in [7, 11) is 0. The topological polar surface area (TPSA) is 74.9 Å². The van der Waals surface area contributed by atoms with Crippen molar-refractivity contribution < 1.29 is 4.42 Å². The lowest BCUT2D eigenvalue weighted by Crippen LogP contribution is -1.99. The van der Waals surface area contributed by atoms with Crippen LogP contribution in [-0.2, 0) is 0 Å². The molecular weight excluding hydrogens is 554 g/mol. The third-order valence-corrected chi connectivity index (χ3v) is 8.80. The van der Waals surface area contributed by atoms with Gasteiger partial charge in [-0.3, -0.25) is 0 Å². The van der Waals surface area contributed by atoms with Crippen LogP contribution < -0.4 is 0 Å². The van der Waals surface area contributed by atoms with Gasteiger partial charge in [-0.05, 0) is 60.7 Å². The lowest BCUT2D eigenvalue weighted by molar-refractivity contribution is 0.677. The van der Waals surface area contributed by atoms with Gasteiger partial charge in [-0.2, -0.15) is 10.5 Å². The molecule has 6 aromatic carbocycles. The number of para-hydroxylation sites is 3. The van der Waals surface area contributed by atoms with Crippen molar-refractivity contribution in [3.8, 4) is 23.5 Å². The number of furan rings is 1. The molecule has 6 nitrogen and oxygen atoms in total. The molecule has 3 heterocycles. The molecular formula is C39H19N5O. The number of aromatic nitrogens is 2. The molecule has 0 saturated heterocycles. The monoisotopic (exact) mass is 573 g/mol. The highest BCUT2D eigenvalue weighted by atomic mass is 16.3. The second-order valence-electron chi connectivity index (χ2n) is 11.0. The summed E-state index contributed by atoms with van der Waals surface area (Å²) >= 11 is 0. The van der Waals surface area contributed by atoms with E-state index in [1.807, 2.05) is 53.1 Å². The minimum Gasteiger partial charge on any atom is -0.455 e. The Morgan fingerprint density at radius 1 is 0.578 bits per heavy atom. The molecule has 0 aliphatic carbocycles. The summed E-state index contributed by atoms with van der Waals surface area (Å²) in [6, 6.07) is 42.6. The lowest BCUT2D eigenvalue weighted by Gasteiger charge is -2.11. The zero-order valence-corrected chi connectivity index (χ0v) is 23.6. The fourth-order valence-corrected chi connectivity index (χ4v) is 6.97. The Hall–Kier alpha value is -6.81. The summed E-state index contributed by atoms with van der Waals surface area (Å²) < 4.78 is 11.2. The van der Waals surface area contributed by atoms with Gasteiger partial charge in [-0.25, -0.2) is 4.85 Å². The first-order valence-electron chi connectivity index (χ1n) is 14.4. The van der Waals surface area contributed by atoms with Crippen molar-refractivity contribution in [2.45, 2.75) is 0 Å². The standard InChI is InChI=1S/C39H19N5O/c1-42-24-19-23(21-40)30(22-41)35(20-24)44-32-14-8-6-12-29(32)37-34(44)18-16-27-26-15-17-33-36(38(26)45-39(27)37)28-11-5-7-13-31(28)43(33)25-9-3-2-4-10-25/h2-20H. The summed E-state index contributed by atoms with van der Waals surface area (Å²) in [6.45, 7) is 7.65. The summed E-state index contributed by atoms with van der Waals surface area (Å²) in [4.78, 5) is 3.60. The minimum atomic E-state index is 0.175. The molecule has 0 unspecified atom stereocenters. The van der Waals surface area contributed by atoms with Crippen molar-refractivity contribution in [3.05, 3.63) is 138 Å². The van der Waals surface area contributed by atoms with E-state index in [1.165, 1.54) is 6.07 Å². The number of hydrogen-bond donors (Lipinski definition) is 0. The number of rotatable bonds is 2. The summed E-state index contributed by atoms with van der Waals surface area (Å²) in [5.74, 6) is 0. The normalized spacial score (nSPS) is 11.5. The zero-order chi connectivity index (χ0) is 30.2. The van der Waals surface area contributed by atoms with Gasteiger partial charge in [-0.1, -0.05) is 54.6 Å². The van der Waals surface area contributed by atoms with Gasteiger partial charge in [0.05, 0.1) is 62.3 Å². The van der Waals surface area contributed by atoms with Crippen molar-refractivity contribution in [1.29, 1.82) is 10.5 Å². The van der Waals surface area contributed by atoms with Crippen molar-refractivity contribution >= 4 is 71.2 Å². The third-order valence-electron chi connectivity index (χ3n) is 8.80. The van der Waals surface area contributed by atoms with Crippen molar-refractivity contribution in [1.82, 2.24) is 9.13 Å². The molecule has 9 aromatic rings. The van der Waals surface area contributed by atoms with E-state index in [-0.39, 0.29) is 11.1 Å². The quantitative estimate of drug-likeness (QED) is 0.193. The van der Waals surface area contributed by atoms with Crippen molar-refractivity contribution in [2.75, 3.05) is 0 Å². The van der Waals surface area contributed by atoms with E-state index in [9.17, 15) is 10.5 Å². The van der Waals surface area contributed by atoms with Crippen molar-refractivity contribution in [2.24, 2.45) is 0 Å². The van der Waals surface area contributed by atoms with E-state index < -0.39 is 0 Å². The number of nitriles is 2. The van der Waals surface area contributed by atoms with Gasteiger partial charge in [0.15, 0.2) is 5.69 Å². The molecule has 206 valence electrons. The molecule has 45 heavy (non-hydrogen) atoms. The van der Waals surface area contributed by atoms with Gasteiger partial charge < -0.3 is 13.6 Å². The van der Waals surface area contributed by atoms with E-state index in [1.54, 1.807) is 6.07 Å². The zero-order valence-electron chi connectivity index (χ0n) is 23.6. The first-order chi connectivity index (χ1) is 22.2. The fourth-order valence-electron chi connectivity index (χ4n) is 6.97. The second-order valence-corrected chi connectivity index (χ2v) is 11.0. The van der Waals surface area contributed by atoms with Gasteiger partial charge in [0, 0.05) is 27.2 Å². The number of nitrogens with zero attached hydrogens (tertiary/aromatic N) is 5. The Morgan fingerprint density at radius 2 is 1.16 bits per heavy atom. The number of fused-ring (bicyclic) bond motifs is 11. The van der Waals surface area contributed by atoms with Crippen LogP contribution in [0.5, 0.6) is 0 Å². The van der Waals surface area contributed by atoms with E-state index in [0.717, 1.165) is 71.2 Å². The highest BCUT2D eigenvalue weighted by Crippen LogP contribution is 2.45.